The van der Waals surface area contributed by atoms with Crippen molar-refractivity contribution in [2.45, 2.75) is 13.2 Å². The van der Waals surface area contributed by atoms with Crippen LogP contribution in [0.4, 0.5) is 5.69 Å². The fourth-order valence-electron chi connectivity index (χ4n) is 2.17. The second-order valence-corrected chi connectivity index (χ2v) is 5.23. The van der Waals surface area contributed by atoms with Gasteiger partial charge >= 0.3 is 0 Å². The number of aromatic nitrogens is 1. The normalized spacial score (nSPS) is 11.4. The van der Waals surface area contributed by atoms with E-state index in [1.807, 2.05) is 36.4 Å². The van der Waals surface area contributed by atoms with E-state index in [4.69, 9.17) is 19.9 Å². The van der Waals surface area contributed by atoms with E-state index >= 15 is 0 Å². The number of anilines is 1. The van der Waals surface area contributed by atoms with Gasteiger partial charge in [-0.05, 0) is 12.1 Å². The molecule has 1 aromatic heterocycles. The maximum Gasteiger partial charge on any atom is 0.218 e. The fraction of sp³-hybridized carbons (Fsp3) is 0.333. The topological polar surface area (TPSA) is 91.0 Å². The minimum Gasteiger partial charge on any atom is -0.475 e. The summed E-state index contributed by atoms with van der Waals surface area (Å²) in [7, 11) is 3.28. The van der Waals surface area contributed by atoms with E-state index in [-0.39, 0.29) is 0 Å². The van der Waals surface area contributed by atoms with E-state index < -0.39 is 0 Å². The van der Waals surface area contributed by atoms with Gasteiger partial charge in [-0.3, -0.25) is 0 Å². The minimum atomic E-state index is 0.315. The number of hydrogen-bond acceptors (Lipinski definition) is 5. The van der Waals surface area contributed by atoms with Gasteiger partial charge in [0.2, 0.25) is 5.88 Å². The molecular weight excluding hydrogens is 320 g/mol. The molecule has 0 saturated heterocycles. The number of nitrogens with two attached hydrogens (primary N) is 1. The van der Waals surface area contributed by atoms with Gasteiger partial charge in [-0.1, -0.05) is 24.3 Å². The summed E-state index contributed by atoms with van der Waals surface area (Å²) < 4.78 is 15.8. The van der Waals surface area contributed by atoms with Crippen molar-refractivity contribution >= 4 is 11.6 Å². The van der Waals surface area contributed by atoms with Crippen LogP contribution in [0.25, 0.3) is 0 Å². The Balaban J connectivity index is 2.02. The van der Waals surface area contributed by atoms with Crippen LogP contribution >= 0.6 is 0 Å². The van der Waals surface area contributed by atoms with Gasteiger partial charge < -0.3 is 25.3 Å². The molecule has 134 valence electrons. The van der Waals surface area contributed by atoms with E-state index in [9.17, 15) is 0 Å². The van der Waals surface area contributed by atoms with Crippen molar-refractivity contribution in [3.8, 4) is 5.88 Å². The summed E-state index contributed by atoms with van der Waals surface area (Å²) >= 11 is 0. The van der Waals surface area contributed by atoms with Crippen LogP contribution in [0.1, 0.15) is 11.1 Å². The molecule has 0 unspecified atom stereocenters. The van der Waals surface area contributed by atoms with Gasteiger partial charge in [0.25, 0.3) is 0 Å². The van der Waals surface area contributed by atoms with E-state index in [2.05, 4.69) is 15.3 Å². The minimum absolute atomic E-state index is 0.315. The second kappa shape index (κ2) is 10.3. The molecule has 0 fully saturated rings. The molecule has 1 heterocycles. The van der Waals surface area contributed by atoms with Crippen molar-refractivity contribution in [3.05, 3.63) is 53.7 Å². The quantitative estimate of drug-likeness (QED) is 0.412. The van der Waals surface area contributed by atoms with Gasteiger partial charge in [-0.2, -0.15) is 0 Å². The van der Waals surface area contributed by atoms with Crippen LogP contribution in [0.2, 0.25) is 0 Å². The number of guanidine groups is 1. The average Bonchev–Trinajstić information content (AvgIpc) is 2.63. The molecule has 2 rings (SSSR count). The molecule has 0 aliphatic rings. The van der Waals surface area contributed by atoms with Crippen molar-refractivity contribution in [2.24, 2.45) is 10.7 Å². The van der Waals surface area contributed by atoms with E-state index in [1.165, 1.54) is 0 Å². The smallest absolute Gasteiger partial charge is 0.218 e. The Bertz CT molecular complexity index is 692. The number of rotatable bonds is 9. The monoisotopic (exact) mass is 344 g/mol. The number of methoxy groups -OCH3 is 2. The highest BCUT2D eigenvalue weighted by Crippen LogP contribution is 2.17. The van der Waals surface area contributed by atoms with Gasteiger partial charge in [0, 0.05) is 37.2 Å². The maximum absolute atomic E-state index is 6.01. The van der Waals surface area contributed by atoms with Crippen LogP contribution in [0.3, 0.4) is 0 Å². The van der Waals surface area contributed by atoms with Gasteiger partial charge in [0.05, 0.1) is 19.8 Å². The largest absolute Gasteiger partial charge is 0.475 e. The van der Waals surface area contributed by atoms with Crippen molar-refractivity contribution in [3.63, 3.8) is 0 Å². The first kappa shape index (κ1) is 18.7. The third kappa shape index (κ3) is 6.06. The second-order valence-electron chi connectivity index (χ2n) is 5.23. The average molecular weight is 344 g/mol. The van der Waals surface area contributed by atoms with Crippen molar-refractivity contribution < 1.29 is 14.2 Å². The molecule has 3 N–H and O–H groups in total. The molecule has 0 atom stereocenters. The molecular formula is C18H24N4O3. The maximum atomic E-state index is 6.01. The van der Waals surface area contributed by atoms with Gasteiger partial charge in [0.1, 0.15) is 6.61 Å². The van der Waals surface area contributed by atoms with Crippen LogP contribution in [0.15, 0.2) is 47.6 Å². The molecule has 0 aliphatic heterocycles. The van der Waals surface area contributed by atoms with Crippen LogP contribution in [0, 0.1) is 0 Å². The fourth-order valence-corrected chi connectivity index (χ4v) is 2.17. The summed E-state index contributed by atoms with van der Waals surface area (Å²) in [4.78, 5) is 8.60. The molecule has 2 aromatic rings. The molecule has 7 nitrogen and oxygen atoms in total. The molecule has 0 aliphatic carbocycles. The molecule has 0 amide bonds. The zero-order chi connectivity index (χ0) is 17.9. The van der Waals surface area contributed by atoms with Gasteiger partial charge in [-0.25, -0.2) is 9.98 Å². The summed E-state index contributed by atoms with van der Waals surface area (Å²) in [5, 5.41) is 3.10. The standard InChI is InChI=1S/C18H24N4O3/c1-23-10-11-25-17-14(7-5-9-20-17)12-21-18(19)22-16-8-4-3-6-15(16)13-24-2/h3-9H,10-13H2,1-2H3,(H3,19,21,22). The SMILES string of the molecule is COCCOc1ncccc1CN=C(N)Nc1ccccc1COC. The lowest BCUT2D eigenvalue weighted by Crippen LogP contribution is -2.23. The van der Waals surface area contributed by atoms with Crippen LogP contribution < -0.4 is 15.8 Å². The Labute approximate surface area is 147 Å². The Morgan fingerprint density at radius 1 is 1.08 bits per heavy atom. The van der Waals surface area contributed by atoms with Crippen molar-refractivity contribution in [1.29, 1.82) is 0 Å². The lowest BCUT2D eigenvalue weighted by molar-refractivity contribution is 0.143. The molecule has 0 spiro atoms. The van der Waals surface area contributed by atoms with E-state index in [0.717, 1.165) is 16.8 Å². The lowest BCUT2D eigenvalue weighted by Gasteiger charge is -2.11. The predicted octanol–water partition coefficient (Wildman–Crippen LogP) is 2.18. The first-order valence-corrected chi connectivity index (χ1v) is 7.94. The molecule has 25 heavy (non-hydrogen) atoms. The first-order valence-electron chi connectivity index (χ1n) is 7.94. The molecule has 1 aromatic carbocycles. The summed E-state index contributed by atoms with van der Waals surface area (Å²) in [6, 6.07) is 11.5. The summed E-state index contributed by atoms with van der Waals surface area (Å²) in [5.74, 6) is 0.853. The van der Waals surface area contributed by atoms with Crippen LogP contribution in [0.5, 0.6) is 5.88 Å². The Morgan fingerprint density at radius 2 is 1.88 bits per heavy atom. The highest BCUT2D eigenvalue weighted by molar-refractivity contribution is 5.92. The van der Waals surface area contributed by atoms with E-state index in [1.54, 1.807) is 20.4 Å². The van der Waals surface area contributed by atoms with Gasteiger partial charge in [-0.15, -0.1) is 0 Å². The zero-order valence-corrected chi connectivity index (χ0v) is 14.6. The van der Waals surface area contributed by atoms with Crippen LogP contribution in [-0.2, 0) is 22.6 Å². The Kier molecular flexibility index (Phi) is 7.68. The van der Waals surface area contributed by atoms with Crippen molar-refractivity contribution in [1.82, 2.24) is 4.98 Å². The third-order valence-corrected chi connectivity index (χ3v) is 3.38. The Morgan fingerprint density at radius 3 is 2.68 bits per heavy atom. The third-order valence-electron chi connectivity index (χ3n) is 3.38. The number of ether oxygens (including phenoxy) is 3. The van der Waals surface area contributed by atoms with Crippen molar-refractivity contribution in [2.75, 3.05) is 32.8 Å². The highest BCUT2D eigenvalue weighted by Gasteiger charge is 2.06. The van der Waals surface area contributed by atoms with E-state index in [0.29, 0.717) is 38.2 Å². The Hall–Kier alpha value is -2.64. The number of nitrogens with one attached hydrogen (secondary N) is 1. The number of nitrogens with zero attached hydrogens (tertiary/aromatic N) is 2. The van der Waals surface area contributed by atoms with Crippen LogP contribution in [-0.4, -0.2) is 38.4 Å². The number of hydrogen-bond donors (Lipinski definition) is 2. The molecule has 0 bridgehead atoms. The number of pyridine rings is 1. The number of para-hydroxylation sites is 1. The number of benzene rings is 1. The number of aliphatic imine (C=N–C) groups is 1. The van der Waals surface area contributed by atoms with Gasteiger partial charge in [0.15, 0.2) is 5.96 Å². The summed E-state index contributed by atoms with van der Waals surface area (Å²) in [6.45, 7) is 1.79. The summed E-state index contributed by atoms with van der Waals surface area (Å²) in [5.41, 5.74) is 8.74. The zero-order valence-electron chi connectivity index (χ0n) is 14.6. The molecule has 0 radical (unpaired) electrons. The molecule has 0 saturated carbocycles. The lowest BCUT2D eigenvalue weighted by atomic mass is 10.2. The highest BCUT2D eigenvalue weighted by atomic mass is 16.5. The molecule has 7 heteroatoms. The predicted molar refractivity (Wildman–Crippen MR) is 97.7 cm³/mol. The first-order chi connectivity index (χ1) is 12.2. The summed E-state index contributed by atoms with van der Waals surface area (Å²) in [6.07, 6.45) is 1.68.